The van der Waals surface area contributed by atoms with Crippen LogP contribution in [-0.4, -0.2) is 36.1 Å². The predicted molar refractivity (Wildman–Crippen MR) is 110 cm³/mol. The molecule has 1 saturated heterocycles. The lowest BCUT2D eigenvalue weighted by Crippen LogP contribution is -2.39. The molecule has 0 saturated carbocycles. The van der Waals surface area contributed by atoms with E-state index in [1.54, 1.807) is 43.5 Å². The van der Waals surface area contributed by atoms with Crippen molar-refractivity contribution < 1.29 is 14.3 Å². The maximum atomic E-state index is 12.6. The summed E-state index contributed by atoms with van der Waals surface area (Å²) in [6, 6.07) is 11.0. The standard InChI is InChI=1S/C22H27N3O3/c1-3-17-9-7-8-14-25(17)20-13-12-16(15-23-20)21(26)24-19-11-6-5-10-18(19)22(27)28-4-2/h5-6,10-13,15,17H,3-4,7-9,14H2,1-2H3,(H,24,26). The maximum Gasteiger partial charge on any atom is 0.340 e. The molecule has 0 radical (unpaired) electrons. The third-order valence-electron chi connectivity index (χ3n) is 5.07. The van der Waals surface area contributed by atoms with Gasteiger partial charge in [0.25, 0.3) is 5.91 Å². The molecular weight excluding hydrogens is 354 g/mol. The Kier molecular flexibility index (Phi) is 6.63. The van der Waals surface area contributed by atoms with Crippen molar-refractivity contribution in [2.45, 2.75) is 45.6 Å². The van der Waals surface area contributed by atoms with Gasteiger partial charge in [-0.25, -0.2) is 9.78 Å². The molecule has 1 unspecified atom stereocenters. The van der Waals surface area contributed by atoms with E-state index < -0.39 is 5.97 Å². The number of carbonyl (C=O) groups excluding carboxylic acids is 2. The lowest BCUT2D eigenvalue weighted by Gasteiger charge is -2.36. The van der Waals surface area contributed by atoms with E-state index in [1.165, 1.54) is 19.3 Å². The van der Waals surface area contributed by atoms with Gasteiger partial charge in [-0.05, 0) is 56.9 Å². The van der Waals surface area contributed by atoms with Crippen LogP contribution in [0.5, 0.6) is 0 Å². The number of ether oxygens (including phenoxy) is 1. The summed E-state index contributed by atoms with van der Waals surface area (Å²) in [5, 5.41) is 2.79. The minimum Gasteiger partial charge on any atom is -0.462 e. The second kappa shape index (κ2) is 9.35. The summed E-state index contributed by atoms with van der Waals surface area (Å²) in [7, 11) is 0. The molecule has 0 aliphatic carbocycles. The number of anilines is 2. The van der Waals surface area contributed by atoms with Gasteiger partial charge in [0.15, 0.2) is 0 Å². The quantitative estimate of drug-likeness (QED) is 0.756. The van der Waals surface area contributed by atoms with E-state index in [9.17, 15) is 9.59 Å². The molecule has 1 amide bonds. The number of aromatic nitrogens is 1. The van der Waals surface area contributed by atoms with Gasteiger partial charge in [-0.2, -0.15) is 0 Å². The van der Waals surface area contributed by atoms with Gasteiger partial charge in [-0.15, -0.1) is 0 Å². The Labute approximate surface area is 165 Å². The Morgan fingerprint density at radius 2 is 2.00 bits per heavy atom. The number of pyridine rings is 1. The Hall–Kier alpha value is -2.89. The fraction of sp³-hybridized carbons (Fsp3) is 0.409. The van der Waals surface area contributed by atoms with Gasteiger partial charge in [0.1, 0.15) is 5.82 Å². The van der Waals surface area contributed by atoms with Crippen molar-refractivity contribution in [3.8, 4) is 0 Å². The highest BCUT2D eigenvalue weighted by Crippen LogP contribution is 2.25. The first-order valence-electron chi connectivity index (χ1n) is 9.94. The van der Waals surface area contributed by atoms with Crippen LogP contribution < -0.4 is 10.2 Å². The van der Waals surface area contributed by atoms with Gasteiger partial charge in [-0.3, -0.25) is 4.79 Å². The summed E-state index contributed by atoms with van der Waals surface area (Å²) in [5.41, 5.74) is 1.21. The van der Waals surface area contributed by atoms with Gasteiger partial charge < -0.3 is 15.0 Å². The van der Waals surface area contributed by atoms with Crippen LogP contribution in [0.4, 0.5) is 11.5 Å². The number of carbonyl (C=O) groups is 2. The first kappa shape index (κ1) is 19.9. The van der Waals surface area contributed by atoms with E-state index >= 15 is 0 Å². The third-order valence-corrected chi connectivity index (χ3v) is 5.07. The van der Waals surface area contributed by atoms with Gasteiger partial charge in [0, 0.05) is 18.8 Å². The van der Waals surface area contributed by atoms with Crippen molar-refractivity contribution in [2.24, 2.45) is 0 Å². The number of esters is 1. The molecule has 1 aliphatic rings. The largest absolute Gasteiger partial charge is 0.462 e. The lowest BCUT2D eigenvalue weighted by atomic mass is 10.00. The summed E-state index contributed by atoms with van der Waals surface area (Å²) < 4.78 is 5.05. The molecule has 2 heterocycles. The van der Waals surface area contributed by atoms with Crippen molar-refractivity contribution >= 4 is 23.4 Å². The van der Waals surface area contributed by atoms with Crippen molar-refractivity contribution in [3.63, 3.8) is 0 Å². The van der Waals surface area contributed by atoms with E-state index in [0.29, 0.717) is 22.9 Å². The van der Waals surface area contributed by atoms with Crippen molar-refractivity contribution in [3.05, 3.63) is 53.7 Å². The van der Waals surface area contributed by atoms with Crippen LogP contribution >= 0.6 is 0 Å². The zero-order chi connectivity index (χ0) is 19.9. The number of benzene rings is 1. The molecular formula is C22H27N3O3. The van der Waals surface area contributed by atoms with Crippen molar-refractivity contribution in [1.82, 2.24) is 4.98 Å². The number of hydrogen-bond donors (Lipinski definition) is 1. The molecule has 0 bridgehead atoms. The van der Waals surface area contributed by atoms with E-state index in [4.69, 9.17) is 4.74 Å². The van der Waals surface area contributed by atoms with Crippen LogP contribution in [0.1, 0.15) is 60.2 Å². The Balaban J connectivity index is 1.73. The second-order valence-corrected chi connectivity index (χ2v) is 6.88. The first-order valence-corrected chi connectivity index (χ1v) is 9.94. The number of para-hydroxylation sites is 1. The van der Waals surface area contributed by atoms with E-state index in [-0.39, 0.29) is 12.5 Å². The highest BCUT2D eigenvalue weighted by molar-refractivity contribution is 6.07. The molecule has 28 heavy (non-hydrogen) atoms. The molecule has 1 aliphatic heterocycles. The molecule has 2 aromatic rings. The summed E-state index contributed by atoms with van der Waals surface area (Å²) in [6.07, 6.45) is 6.30. The van der Waals surface area contributed by atoms with Gasteiger partial charge in [0.2, 0.25) is 0 Å². The van der Waals surface area contributed by atoms with E-state index in [2.05, 4.69) is 22.1 Å². The average Bonchev–Trinajstić information content (AvgIpc) is 2.74. The number of piperidine rings is 1. The Morgan fingerprint density at radius 1 is 1.18 bits per heavy atom. The lowest BCUT2D eigenvalue weighted by molar-refractivity contribution is 0.0527. The smallest absolute Gasteiger partial charge is 0.340 e. The second-order valence-electron chi connectivity index (χ2n) is 6.88. The molecule has 3 rings (SSSR count). The monoisotopic (exact) mass is 381 g/mol. The number of hydrogen-bond acceptors (Lipinski definition) is 5. The molecule has 6 nitrogen and oxygen atoms in total. The van der Waals surface area contributed by atoms with Crippen LogP contribution in [0.15, 0.2) is 42.6 Å². The van der Waals surface area contributed by atoms with Crippen LogP contribution in [0.25, 0.3) is 0 Å². The van der Waals surface area contributed by atoms with Crippen molar-refractivity contribution in [1.29, 1.82) is 0 Å². The maximum absolute atomic E-state index is 12.6. The van der Waals surface area contributed by atoms with Crippen LogP contribution in [0.2, 0.25) is 0 Å². The zero-order valence-corrected chi connectivity index (χ0v) is 16.5. The molecule has 6 heteroatoms. The van der Waals surface area contributed by atoms with Crippen LogP contribution in [0.3, 0.4) is 0 Å². The zero-order valence-electron chi connectivity index (χ0n) is 16.5. The minimum absolute atomic E-state index is 0.280. The van der Waals surface area contributed by atoms with Gasteiger partial charge in [0.05, 0.1) is 23.4 Å². The number of nitrogens with zero attached hydrogens (tertiary/aromatic N) is 2. The Morgan fingerprint density at radius 3 is 2.71 bits per heavy atom. The summed E-state index contributed by atoms with van der Waals surface area (Å²) in [5.74, 6) is 0.152. The number of nitrogens with one attached hydrogen (secondary N) is 1. The molecule has 148 valence electrons. The topological polar surface area (TPSA) is 71.5 Å². The van der Waals surface area contributed by atoms with Gasteiger partial charge >= 0.3 is 5.97 Å². The molecule has 1 N–H and O–H groups in total. The van der Waals surface area contributed by atoms with Crippen LogP contribution in [0, 0.1) is 0 Å². The molecule has 1 atom stereocenters. The summed E-state index contributed by atoms with van der Waals surface area (Å²) in [6.45, 7) is 5.23. The van der Waals surface area contributed by atoms with Crippen molar-refractivity contribution in [2.75, 3.05) is 23.4 Å². The van der Waals surface area contributed by atoms with E-state index in [1.807, 2.05) is 6.07 Å². The Bertz CT molecular complexity index is 820. The first-order chi connectivity index (χ1) is 13.6. The number of rotatable bonds is 6. The third kappa shape index (κ3) is 4.50. The fourth-order valence-electron chi connectivity index (χ4n) is 3.59. The average molecular weight is 381 g/mol. The normalized spacial score (nSPS) is 16.5. The molecule has 0 spiro atoms. The summed E-state index contributed by atoms with van der Waals surface area (Å²) >= 11 is 0. The predicted octanol–water partition coefficient (Wildman–Crippen LogP) is 4.28. The van der Waals surface area contributed by atoms with E-state index in [0.717, 1.165) is 18.8 Å². The highest BCUT2D eigenvalue weighted by Gasteiger charge is 2.22. The minimum atomic E-state index is -0.456. The van der Waals surface area contributed by atoms with Gasteiger partial charge in [-0.1, -0.05) is 19.1 Å². The molecule has 1 aromatic heterocycles. The molecule has 1 fully saturated rings. The summed E-state index contributed by atoms with van der Waals surface area (Å²) in [4.78, 5) is 31.6. The number of amides is 1. The van der Waals surface area contributed by atoms with Crippen LogP contribution in [-0.2, 0) is 4.74 Å². The SMILES string of the molecule is CCOC(=O)c1ccccc1NC(=O)c1ccc(N2CCCCC2CC)nc1. The highest BCUT2D eigenvalue weighted by atomic mass is 16.5. The fourth-order valence-corrected chi connectivity index (χ4v) is 3.59. The molecule has 1 aromatic carbocycles.